The van der Waals surface area contributed by atoms with Crippen LogP contribution in [0.2, 0.25) is 0 Å². The van der Waals surface area contributed by atoms with E-state index < -0.39 is 0 Å². The van der Waals surface area contributed by atoms with Gasteiger partial charge in [0.1, 0.15) is 0 Å². The quantitative estimate of drug-likeness (QED) is 0.758. The fraction of sp³-hybridized carbons (Fsp3) is 0.583. The van der Waals surface area contributed by atoms with Crippen LogP contribution in [0.15, 0.2) is 22.4 Å². The first-order chi connectivity index (χ1) is 7.36. The van der Waals surface area contributed by atoms with Crippen molar-refractivity contribution >= 4 is 17.6 Å². The number of halogens is 1. The lowest BCUT2D eigenvalue weighted by atomic mass is 9.90. The van der Waals surface area contributed by atoms with Gasteiger partial charge in [0.15, 0.2) is 0 Å². The predicted molar refractivity (Wildman–Crippen MR) is 65.1 cm³/mol. The van der Waals surface area contributed by atoms with Gasteiger partial charge < -0.3 is 10.1 Å². The predicted octanol–water partition coefficient (Wildman–Crippen LogP) is 2.58. The Morgan fingerprint density at radius 2 is 2.19 bits per heavy atom. The van der Waals surface area contributed by atoms with E-state index in [1.807, 2.05) is 0 Å². The van der Waals surface area contributed by atoms with Crippen LogP contribution in [0.25, 0.3) is 0 Å². The molecule has 0 bridgehead atoms. The van der Waals surface area contributed by atoms with Gasteiger partial charge in [0.25, 0.3) is 0 Å². The molecule has 0 aromatic carbocycles. The first kappa shape index (κ1) is 13.1. The van der Waals surface area contributed by atoms with Crippen LogP contribution in [0.5, 0.6) is 0 Å². The second-order valence-electron chi connectivity index (χ2n) is 4.71. The maximum absolute atomic E-state index is 11.5. The van der Waals surface area contributed by atoms with Crippen molar-refractivity contribution < 1.29 is 9.53 Å². The minimum atomic E-state index is -0.343. The van der Waals surface area contributed by atoms with Gasteiger partial charge in [-0.15, -0.1) is 0 Å². The number of carbonyl (C=O) groups excluding carboxylic acids is 1. The summed E-state index contributed by atoms with van der Waals surface area (Å²) in [5.41, 5.74) is 1.53. The highest BCUT2D eigenvalue weighted by Gasteiger charge is 2.24. The number of rotatable bonds is 2. The van der Waals surface area contributed by atoms with Crippen LogP contribution in [0.3, 0.4) is 0 Å². The summed E-state index contributed by atoms with van der Waals surface area (Å²) < 4.78 is 4.92. The van der Waals surface area contributed by atoms with E-state index in [1.54, 1.807) is 13.0 Å². The number of dihydropyridines is 1. The summed E-state index contributed by atoms with van der Waals surface area (Å²) in [7, 11) is 0. The summed E-state index contributed by atoms with van der Waals surface area (Å²) in [6.45, 7) is 8.84. The van der Waals surface area contributed by atoms with Crippen molar-refractivity contribution in [3.8, 4) is 0 Å². The molecule has 0 atom stereocenters. The first-order valence-electron chi connectivity index (χ1n) is 5.38. The second-order valence-corrected chi connectivity index (χ2v) is 5.12. The van der Waals surface area contributed by atoms with E-state index in [-0.39, 0.29) is 11.4 Å². The summed E-state index contributed by atoms with van der Waals surface area (Å²) in [6.07, 6.45) is 1.80. The summed E-state index contributed by atoms with van der Waals surface area (Å²) in [4.78, 5) is 11.5. The number of hydrogen-bond donors (Lipinski definition) is 1. The lowest BCUT2D eigenvalue weighted by molar-refractivity contribution is -0.138. The first-order valence-corrected chi connectivity index (χ1v) is 5.76. The second kappa shape index (κ2) is 4.91. The molecule has 1 heterocycles. The number of hydrogen-bond acceptors (Lipinski definition) is 3. The Morgan fingerprint density at radius 1 is 1.56 bits per heavy atom. The van der Waals surface area contributed by atoms with Crippen molar-refractivity contribution in [1.29, 1.82) is 0 Å². The number of carbonyl (C=O) groups is 1. The summed E-state index contributed by atoms with van der Waals surface area (Å²) in [5.74, 6) is -0.343. The molecule has 0 aromatic heterocycles. The third kappa shape index (κ3) is 3.01. The van der Waals surface area contributed by atoms with Crippen molar-refractivity contribution in [2.45, 2.75) is 27.7 Å². The minimum Gasteiger partial charge on any atom is -0.463 e. The molecule has 0 fully saturated rings. The lowest BCUT2D eigenvalue weighted by Crippen LogP contribution is -2.31. The maximum atomic E-state index is 11.5. The molecule has 0 saturated heterocycles. The highest BCUT2D eigenvalue weighted by atomic mass is 35.5. The van der Waals surface area contributed by atoms with Crippen molar-refractivity contribution in [2.24, 2.45) is 5.41 Å². The number of nitrogens with one attached hydrogen (secondary N) is 1. The Bertz CT molecular complexity index is 351. The van der Waals surface area contributed by atoms with E-state index in [0.717, 1.165) is 5.70 Å². The van der Waals surface area contributed by atoms with E-state index in [4.69, 9.17) is 16.3 Å². The molecule has 1 N–H and O–H groups in total. The van der Waals surface area contributed by atoms with Gasteiger partial charge in [0, 0.05) is 17.7 Å². The average molecular weight is 244 g/mol. The van der Waals surface area contributed by atoms with Gasteiger partial charge in [-0.25, -0.2) is 4.79 Å². The number of ether oxygens (including phenoxy) is 1. The topological polar surface area (TPSA) is 38.3 Å². The molecule has 1 aliphatic rings. The summed E-state index contributed by atoms with van der Waals surface area (Å²) in [5, 5.41) is 3.67. The van der Waals surface area contributed by atoms with Crippen LogP contribution in [-0.2, 0) is 9.53 Å². The molecule has 0 radical (unpaired) electrons. The van der Waals surface area contributed by atoms with Gasteiger partial charge in [-0.3, -0.25) is 0 Å². The zero-order valence-corrected chi connectivity index (χ0v) is 10.9. The van der Waals surface area contributed by atoms with Crippen LogP contribution in [-0.4, -0.2) is 19.1 Å². The molecule has 4 heteroatoms. The van der Waals surface area contributed by atoms with Gasteiger partial charge in [-0.2, -0.15) is 0 Å². The molecule has 16 heavy (non-hydrogen) atoms. The monoisotopic (exact) mass is 243 g/mol. The van der Waals surface area contributed by atoms with E-state index in [0.29, 0.717) is 23.8 Å². The van der Waals surface area contributed by atoms with E-state index in [1.165, 1.54) is 0 Å². The summed E-state index contributed by atoms with van der Waals surface area (Å²) in [6, 6.07) is 0. The third-order valence-electron chi connectivity index (χ3n) is 2.34. The lowest BCUT2D eigenvalue weighted by Gasteiger charge is -2.28. The molecule has 0 unspecified atom stereocenters. The van der Waals surface area contributed by atoms with Crippen LogP contribution in [0.4, 0.5) is 0 Å². The SMILES string of the molecule is CCOC(=O)C1=C(Cl)C=C(C(C)(C)C)NC1. The number of esters is 1. The van der Waals surface area contributed by atoms with Crippen LogP contribution >= 0.6 is 11.6 Å². The molecule has 1 rings (SSSR count). The minimum absolute atomic E-state index is 0.000328. The normalized spacial score (nSPS) is 16.7. The summed E-state index contributed by atoms with van der Waals surface area (Å²) >= 11 is 6.08. The van der Waals surface area contributed by atoms with Crippen molar-refractivity contribution in [1.82, 2.24) is 5.32 Å². The standard InChI is InChI=1S/C12H18ClNO2/c1-5-16-11(15)8-7-14-10(6-9(8)13)12(2,3)4/h6,14H,5,7H2,1-4H3. The van der Waals surface area contributed by atoms with Gasteiger partial charge in [-0.05, 0) is 13.0 Å². The average Bonchev–Trinajstić information content (AvgIpc) is 2.16. The van der Waals surface area contributed by atoms with E-state index in [2.05, 4.69) is 26.1 Å². The highest BCUT2D eigenvalue weighted by molar-refractivity contribution is 6.33. The highest BCUT2D eigenvalue weighted by Crippen LogP contribution is 2.29. The zero-order chi connectivity index (χ0) is 12.3. The molecule has 0 saturated carbocycles. The van der Waals surface area contributed by atoms with Crippen LogP contribution in [0.1, 0.15) is 27.7 Å². The molecule has 0 aromatic rings. The Labute approximate surface area is 101 Å². The molecule has 0 amide bonds. The third-order valence-corrected chi connectivity index (χ3v) is 2.68. The van der Waals surface area contributed by atoms with Gasteiger partial charge >= 0.3 is 5.97 Å². The molecule has 0 aliphatic carbocycles. The molecule has 0 spiro atoms. The Balaban J connectivity index is 2.92. The zero-order valence-electron chi connectivity index (χ0n) is 10.2. The molecular formula is C12H18ClNO2. The van der Waals surface area contributed by atoms with Crippen LogP contribution in [0, 0.1) is 5.41 Å². The Morgan fingerprint density at radius 3 is 2.62 bits per heavy atom. The van der Waals surface area contributed by atoms with Crippen molar-refractivity contribution in [3.63, 3.8) is 0 Å². The van der Waals surface area contributed by atoms with E-state index >= 15 is 0 Å². The largest absolute Gasteiger partial charge is 0.463 e. The van der Waals surface area contributed by atoms with Crippen molar-refractivity contribution in [3.05, 3.63) is 22.4 Å². The number of allylic oxidation sites excluding steroid dienone is 3. The van der Waals surface area contributed by atoms with Gasteiger partial charge in [0.2, 0.25) is 0 Å². The maximum Gasteiger partial charge on any atom is 0.337 e. The Kier molecular flexibility index (Phi) is 4.03. The Hall–Kier alpha value is -0.960. The van der Waals surface area contributed by atoms with Gasteiger partial charge in [0.05, 0.1) is 17.2 Å². The van der Waals surface area contributed by atoms with Gasteiger partial charge in [-0.1, -0.05) is 32.4 Å². The molecular weight excluding hydrogens is 226 g/mol. The fourth-order valence-corrected chi connectivity index (χ4v) is 1.66. The molecule has 90 valence electrons. The van der Waals surface area contributed by atoms with Crippen molar-refractivity contribution in [2.75, 3.05) is 13.2 Å². The van der Waals surface area contributed by atoms with E-state index in [9.17, 15) is 4.79 Å². The molecule has 1 aliphatic heterocycles. The smallest absolute Gasteiger partial charge is 0.337 e. The van der Waals surface area contributed by atoms with Crippen LogP contribution < -0.4 is 5.32 Å². The fourth-order valence-electron chi connectivity index (χ4n) is 1.40. The molecule has 3 nitrogen and oxygen atoms in total.